The van der Waals surface area contributed by atoms with Crippen LogP contribution in [0.3, 0.4) is 0 Å². The lowest BCUT2D eigenvalue weighted by molar-refractivity contribution is 1.36. The summed E-state index contributed by atoms with van der Waals surface area (Å²) in [6.07, 6.45) is 1.97. The fraction of sp³-hybridized carbons (Fsp3) is 0.0625. The molecular formula is C16H13N. The smallest absolute Gasteiger partial charge is 0.0705 e. The predicted octanol–water partition coefficient (Wildman–Crippen LogP) is 4.21. The molecule has 0 fully saturated rings. The Kier molecular flexibility index (Phi) is 2.37. The van der Waals surface area contributed by atoms with Crippen LogP contribution in [0.2, 0.25) is 0 Å². The SMILES string of the molecule is Cc1c(-c2ccccc2)cnc2ccccc12. The van der Waals surface area contributed by atoms with Crippen molar-refractivity contribution in [2.45, 2.75) is 6.92 Å². The van der Waals surface area contributed by atoms with Gasteiger partial charge in [0.25, 0.3) is 0 Å². The van der Waals surface area contributed by atoms with E-state index in [-0.39, 0.29) is 0 Å². The van der Waals surface area contributed by atoms with Crippen molar-refractivity contribution < 1.29 is 0 Å². The van der Waals surface area contributed by atoms with E-state index in [1.165, 1.54) is 22.1 Å². The Hall–Kier alpha value is -2.15. The highest BCUT2D eigenvalue weighted by molar-refractivity contribution is 5.88. The molecule has 0 saturated heterocycles. The maximum atomic E-state index is 4.52. The molecule has 0 aliphatic heterocycles. The Morgan fingerprint density at radius 3 is 2.35 bits per heavy atom. The van der Waals surface area contributed by atoms with Crippen LogP contribution in [-0.2, 0) is 0 Å². The zero-order valence-corrected chi connectivity index (χ0v) is 9.72. The Morgan fingerprint density at radius 1 is 0.824 bits per heavy atom. The first-order chi connectivity index (χ1) is 8.36. The van der Waals surface area contributed by atoms with E-state index in [0.717, 1.165) is 5.52 Å². The zero-order chi connectivity index (χ0) is 11.7. The van der Waals surface area contributed by atoms with Crippen LogP contribution in [0.15, 0.2) is 60.8 Å². The van der Waals surface area contributed by atoms with Crippen molar-refractivity contribution in [3.05, 3.63) is 66.4 Å². The van der Waals surface area contributed by atoms with Gasteiger partial charge in [-0.05, 0) is 24.1 Å². The number of para-hydroxylation sites is 1. The van der Waals surface area contributed by atoms with Crippen molar-refractivity contribution in [3.8, 4) is 11.1 Å². The van der Waals surface area contributed by atoms with Gasteiger partial charge < -0.3 is 0 Å². The Balaban J connectivity index is 2.29. The molecule has 3 rings (SSSR count). The second-order valence-corrected chi connectivity index (χ2v) is 4.18. The summed E-state index contributed by atoms with van der Waals surface area (Å²) in [6, 6.07) is 18.7. The molecule has 0 atom stereocenters. The molecule has 3 aromatic rings. The van der Waals surface area contributed by atoms with Gasteiger partial charge in [-0.25, -0.2) is 0 Å². The summed E-state index contributed by atoms with van der Waals surface area (Å²) in [6.45, 7) is 2.16. The van der Waals surface area contributed by atoms with E-state index in [4.69, 9.17) is 0 Å². The molecule has 0 spiro atoms. The molecule has 0 radical (unpaired) electrons. The molecule has 1 heterocycles. The normalized spacial score (nSPS) is 10.6. The number of hydrogen-bond acceptors (Lipinski definition) is 1. The molecule has 2 aromatic carbocycles. The summed E-state index contributed by atoms with van der Waals surface area (Å²) in [5.41, 5.74) is 4.79. The first-order valence-corrected chi connectivity index (χ1v) is 5.76. The van der Waals surface area contributed by atoms with Gasteiger partial charge in [-0.2, -0.15) is 0 Å². The Labute approximate surface area is 101 Å². The van der Waals surface area contributed by atoms with Crippen LogP contribution < -0.4 is 0 Å². The minimum atomic E-state index is 1.06. The van der Waals surface area contributed by atoms with Crippen LogP contribution in [0.1, 0.15) is 5.56 Å². The van der Waals surface area contributed by atoms with Gasteiger partial charge in [0.1, 0.15) is 0 Å². The summed E-state index contributed by atoms with van der Waals surface area (Å²) in [5, 5.41) is 1.23. The third kappa shape index (κ3) is 1.70. The van der Waals surface area contributed by atoms with Crippen molar-refractivity contribution in [2.75, 3.05) is 0 Å². The molecule has 0 aliphatic rings. The van der Waals surface area contributed by atoms with Gasteiger partial charge >= 0.3 is 0 Å². The van der Waals surface area contributed by atoms with Gasteiger partial charge in [-0.1, -0.05) is 48.5 Å². The average Bonchev–Trinajstić information content (AvgIpc) is 2.40. The van der Waals surface area contributed by atoms with Gasteiger partial charge in [0.15, 0.2) is 0 Å². The molecule has 0 saturated carbocycles. The molecular weight excluding hydrogens is 206 g/mol. The number of fused-ring (bicyclic) bond motifs is 1. The molecule has 1 aromatic heterocycles. The van der Waals surface area contributed by atoms with E-state index >= 15 is 0 Å². The van der Waals surface area contributed by atoms with Gasteiger partial charge in [0.05, 0.1) is 5.52 Å². The summed E-state index contributed by atoms with van der Waals surface area (Å²) in [7, 11) is 0. The first kappa shape index (κ1) is 10.0. The van der Waals surface area contributed by atoms with Crippen molar-refractivity contribution in [2.24, 2.45) is 0 Å². The number of rotatable bonds is 1. The van der Waals surface area contributed by atoms with Crippen molar-refractivity contribution in [1.82, 2.24) is 4.98 Å². The minimum absolute atomic E-state index is 1.06. The molecule has 82 valence electrons. The number of pyridine rings is 1. The molecule has 0 N–H and O–H groups in total. The third-order valence-electron chi connectivity index (χ3n) is 3.13. The number of hydrogen-bond donors (Lipinski definition) is 0. The maximum absolute atomic E-state index is 4.52. The lowest BCUT2D eigenvalue weighted by Gasteiger charge is -2.08. The number of nitrogens with zero attached hydrogens (tertiary/aromatic N) is 1. The zero-order valence-electron chi connectivity index (χ0n) is 9.72. The van der Waals surface area contributed by atoms with Crippen LogP contribution in [0.25, 0.3) is 22.0 Å². The summed E-state index contributed by atoms with van der Waals surface area (Å²) in [5.74, 6) is 0. The van der Waals surface area contributed by atoms with Crippen molar-refractivity contribution >= 4 is 10.9 Å². The second-order valence-electron chi connectivity index (χ2n) is 4.18. The molecule has 0 unspecified atom stereocenters. The molecule has 1 nitrogen and oxygen atoms in total. The summed E-state index contributed by atoms with van der Waals surface area (Å²) in [4.78, 5) is 4.52. The Morgan fingerprint density at radius 2 is 1.53 bits per heavy atom. The molecule has 0 amide bonds. The number of aromatic nitrogens is 1. The van der Waals surface area contributed by atoms with Crippen LogP contribution in [0.4, 0.5) is 0 Å². The molecule has 0 bridgehead atoms. The van der Waals surface area contributed by atoms with Gasteiger partial charge in [0.2, 0.25) is 0 Å². The minimum Gasteiger partial charge on any atom is -0.256 e. The summed E-state index contributed by atoms with van der Waals surface area (Å²) < 4.78 is 0. The van der Waals surface area contributed by atoms with Gasteiger partial charge in [0, 0.05) is 17.1 Å². The monoisotopic (exact) mass is 219 g/mol. The van der Waals surface area contributed by atoms with E-state index in [1.807, 2.05) is 18.3 Å². The largest absolute Gasteiger partial charge is 0.256 e. The second kappa shape index (κ2) is 4.02. The maximum Gasteiger partial charge on any atom is 0.0705 e. The Bertz CT molecular complexity index is 657. The number of aryl methyl sites for hydroxylation is 1. The van der Waals surface area contributed by atoms with Crippen molar-refractivity contribution in [1.29, 1.82) is 0 Å². The predicted molar refractivity (Wildman–Crippen MR) is 71.9 cm³/mol. The topological polar surface area (TPSA) is 12.9 Å². The van der Waals surface area contributed by atoms with E-state index in [2.05, 4.69) is 54.4 Å². The highest BCUT2D eigenvalue weighted by Gasteiger charge is 2.05. The quantitative estimate of drug-likeness (QED) is 0.597. The average molecular weight is 219 g/mol. The molecule has 17 heavy (non-hydrogen) atoms. The standard InChI is InChI=1S/C16H13N/c1-12-14-9-5-6-10-16(14)17-11-15(12)13-7-3-2-4-8-13/h2-11H,1H3. The van der Waals surface area contributed by atoms with Crippen LogP contribution in [0.5, 0.6) is 0 Å². The molecule has 0 aliphatic carbocycles. The van der Waals surface area contributed by atoms with E-state index in [0.29, 0.717) is 0 Å². The fourth-order valence-corrected chi connectivity index (χ4v) is 2.19. The van der Waals surface area contributed by atoms with E-state index in [9.17, 15) is 0 Å². The molecule has 1 heteroatoms. The van der Waals surface area contributed by atoms with Crippen molar-refractivity contribution in [3.63, 3.8) is 0 Å². The summed E-state index contributed by atoms with van der Waals surface area (Å²) >= 11 is 0. The van der Waals surface area contributed by atoms with Gasteiger partial charge in [-0.3, -0.25) is 4.98 Å². The van der Waals surface area contributed by atoms with Crippen LogP contribution in [0, 0.1) is 6.92 Å². The lowest BCUT2D eigenvalue weighted by atomic mass is 9.99. The number of benzene rings is 2. The van der Waals surface area contributed by atoms with Crippen LogP contribution >= 0.6 is 0 Å². The van der Waals surface area contributed by atoms with E-state index in [1.54, 1.807) is 0 Å². The lowest BCUT2D eigenvalue weighted by Crippen LogP contribution is -1.88. The fourth-order valence-electron chi connectivity index (χ4n) is 2.19. The highest BCUT2D eigenvalue weighted by atomic mass is 14.7. The van der Waals surface area contributed by atoms with Gasteiger partial charge in [-0.15, -0.1) is 0 Å². The van der Waals surface area contributed by atoms with Crippen LogP contribution in [-0.4, -0.2) is 4.98 Å². The third-order valence-corrected chi connectivity index (χ3v) is 3.13. The highest BCUT2D eigenvalue weighted by Crippen LogP contribution is 2.27. The first-order valence-electron chi connectivity index (χ1n) is 5.76. The van der Waals surface area contributed by atoms with E-state index < -0.39 is 0 Å².